The Morgan fingerprint density at radius 1 is 1.04 bits per heavy atom. The van der Waals surface area contributed by atoms with E-state index < -0.39 is 0 Å². The second kappa shape index (κ2) is 10.2. The van der Waals surface area contributed by atoms with Gasteiger partial charge in [0.1, 0.15) is 0 Å². The van der Waals surface area contributed by atoms with E-state index in [1.165, 1.54) is 4.90 Å². The molecule has 138 valence electrons. The molecule has 0 bridgehead atoms. The predicted octanol–water partition coefficient (Wildman–Crippen LogP) is 4.91. The number of hydrogen-bond acceptors (Lipinski definition) is 3. The van der Waals surface area contributed by atoms with Crippen LogP contribution in [0.3, 0.4) is 0 Å². The molecule has 0 aliphatic heterocycles. The largest absolute Gasteiger partial charge is 0.466 e. The Morgan fingerprint density at radius 2 is 1.77 bits per heavy atom. The number of carbonyl (C=O) groups excluding carboxylic acids is 2. The van der Waals surface area contributed by atoms with Gasteiger partial charge in [0.25, 0.3) is 0 Å². The van der Waals surface area contributed by atoms with Gasteiger partial charge >= 0.3 is 5.97 Å². The van der Waals surface area contributed by atoms with E-state index in [-0.39, 0.29) is 24.8 Å². The van der Waals surface area contributed by atoms with Crippen molar-refractivity contribution in [3.8, 4) is 0 Å². The zero-order valence-corrected chi connectivity index (χ0v) is 16.1. The van der Waals surface area contributed by atoms with Crippen molar-refractivity contribution in [2.45, 2.75) is 26.2 Å². The van der Waals surface area contributed by atoms with E-state index in [2.05, 4.69) is 0 Å². The van der Waals surface area contributed by atoms with Crippen LogP contribution in [0.1, 0.15) is 25.3 Å². The van der Waals surface area contributed by atoms with Crippen LogP contribution in [0.5, 0.6) is 0 Å². The number of anilines is 1. The molecular weight excluding hydrogens is 373 g/mol. The Balaban J connectivity index is 2.13. The van der Waals surface area contributed by atoms with Crippen molar-refractivity contribution in [3.63, 3.8) is 0 Å². The standard InChI is InChI=1S/C20H21Cl2NO3/c1-2-26-20(25)12-13-23(18-10-9-16(21)14-17(18)22)19(24)11-8-15-6-4-3-5-7-15/h3-7,9-10,14H,2,8,11-13H2,1H3. The van der Waals surface area contributed by atoms with Gasteiger partial charge in [-0.25, -0.2) is 0 Å². The van der Waals surface area contributed by atoms with Crippen LogP contribution in [0.15, 0.2) is 48.5 Å². The highest BCUT2D eigenvalue weighted by molar-refractivity contribution is 6.36. The van der Waals surface area contributed by atoms with Crippen molar-refractivity contribution in [2.24, 2.45) is 0 Å². The van der Waals surface area contributed by atoms with E-state index in [4.69, 9.17) is 27.9 Å². The van der Waals surface area contributed by atoms with Gasteiger partial charge in [-0.2, -0.15) is 0 Å². The van der Waals surface area contributed by atoms with Gasteiger partial charge in [0, 0.05) is 18.0 Å². The number of nitrogens with zero attached hydrogens (tertiary/aromatic N) is 1. The van der Waals surface area contributed by atoms with Gasteiger partial charge in [0.05, 0.1) is 23.7 Å². The number of benzene rings is 2. The monoisotopic (exact) mass is 393 g/mol. The van der Waals surface area contributed by atoms with Crippen molar-refractivity contribution in [2.75, 3.05) is 18.1 Å². The summed E-state index contributed by atoms with van der Waals surface area (Å²) >= 11 is 12.2. The summed E-state index contributed by atoms with van der Waals surface area (Å²) < 4.78 is 4.96. The van der Waals surface area contributed by atoms with Crippen LogP contribution in [0, 0.1) is 0 Å². The number of aryl methyl sites for hydroxylation is 1. The van der Waals surface area contributed by atoms with E-state index in [1.807, 2.05) is 30.3 Å². The van der Waals surface area contributed by atoms with Crippen LogP contribution >= 0.6 is 23.2 Å². The van der Waals surface area contributed by atoms with Gasteiger partial charge in [-0.1, -0.05) is 53.5 Å². The van der Waals surface area contributed by atoms with Crippen molar-refractivity contribution >= 4 is 40.8 Å². The molecule has 2 aromatic carbocycles. The van der Waals surface area contributed by atoms with Crippen LogP contribution in [-0.4, -0.2) is 25.0 Å². The number of rotatable bonds is 8. The van der Waals surface area contributed by atoms with Crippen LogP contribution in [0.2, 0.25) is 10.0 Å². The highest BCUT2D eigenvalue weighted by Crippen LogP contribution is 2.29. The molecule has 0 aromatic heterocycles. The topological polar surface area (TPSA) is 46.6 Å². The summed E-state index contributed by atoms with van der Waals surface area (Å²) in [7, 11) is 0. The first-order valence-electron chi connectivity index (χ1n) is 8.46. The Bertz CT molecular complexity index is 750. The average Bonchev–Trinajstić information content (AvgIpc) is 2.62. The molecule has 0 spiro atoms. The molecule has 0 saturated carbocycles. The molecule has 2 rings (SSSR count). The molecule has 6 heteroatoms. The second-order valence-electron chi connectivity index (χ2n) is 5.68. The lowest BCUT2D eigenvalue weighted by Crippen LogP contribution is -2.33. The average molecular weight is 394 g/mol. The molecule has 0 fully saturated rings. The van der Waals surface area contributed by atoms with Crippen LogP contribution in [0.4, 0.5) is 5.69 Å². The van der Waals surface area contributed by atoms with Gasteiger partial charge in [0.2, 0.25) is 5.91 Å². The van der Waals surface area contributed by atoms with E-state index in [0.29, 0.717) is 35.2 Å². The first kappa shape index (κ1) is 20.3. The maximum Gasteiger partial charge on any atom is 0.307 e. The Kier molecular flexibility index (Phi) is 7.95. The molecule has 1 amide bonds. The van der Waals surface area contributed by atoms with Gasteiger partial charge in [-0.15, -0.1) is 0 Å². The molecule has 0 heterocycles. The zero-order valence-electron chi connectivity index (χ0n) is 14.6. The molecule has 0 unspecified atom stereocenters. The quantitative estimate of drug-likeness (QED) is 0.598. The molecular formula is C20H21Cl2NO3. The first-order valence-corrected chi connectivity index (χ1v) is 9.21. The summed E-state index contributed by atoms with van der Waals surface area (Å²) in [5.74, 6) is -0.458. The molecule has 2 aromatic rings. The fourth-order valence-corrected chi connectivity index (χ4v) is 3.06. The summed E-state index contributed by atoms with van der Waals surface area (Å²) in [5, 5.41) is 0.857. The fraction of sp³-hybridized carbons (Fsp3) is 0.300. The third kappa shape index (κ3) is 6.04. The third-order valence-corrected chi connectivity index (χ3v) is 4.35. The summed E-state index contributed by atoms with van der Waals surface area (Å²) in [6, 6.07) is 14.7. The molecule has 4 nitrogen and oxygen atoms in total. The lowest BCUT2D eigenvalue weighted by Gasteiger charge is -2.24. The van der Waals surface area contributed by atoms with Gasteiger partial charge in [-0.05, 0) is 37.1 Å². The fourth-order valence-electron chi connectivity index (χ4n) is 2.55. The highest BCUT2D eigenvalue weighted by Gasteiger charge is 2.20. The number of ether oxygens (including phenoxy) is 1. The van der Waals surface area contributed by atoms with E-state index in [1.54, 1.807) is 25.1 Å². The highest BCUT2D eigenvalue weighted by atomic mass is 35.5. The SMILES string of the molecule is CCOC(=O)CCN(C(=O)CCc1ccccc1)c1ccc(Cl)cc1Cl. The van der Waals surface area contributed by atoms with Crippen molar-refractivity contribution in [3.05, 3.63) is 64.1 Å². The van der Waals surface area contributed by atoms with Gasteiger partial charge in [0.15, 0.2) is 0 Å². The number of amides is 1. The van der Waals surface area contributed by atoms with Gasteiger partial charge < -0.3 is 9.64 Å². The summed E-state index contributed by atoms with van der Waals surface area (Å²) in [4.78, 5) is 26.0. The molecule has 0 saturated heterocycles. The number of halogens is 2. The molecule has 26 heavy (non-hydrogen) atoms. The molecule has 0 radical (unpaired) electrons. The minimum absolute atomic E-state index is 0.101. The Morgan fingerprint density at radius 3 is 2.42 bits per heavy atom. The van der Waals surface area contributed by atoms with E-state index in [0.717, 1.165) is 5.56 Å². The normalized spacial score (nSPS) is 10.4. The lowest BCUT2D eigenvalue weighted by atomic mass is 10.1. The summed E-state index contributed by atoms with van der Waals surface area (Å²) in [5.41, 5.74) is 1.62. The second-order valence-corrected chi connectivity index (χ2v) is 6.53. The molecule has 0 N–H and O–H groups in total. The summed E-state index contributed by atoms with van der Waals surface area (Å²) in [6.07, 6.45) is 1.02. The van der Waals surface area contributed by atoms with Crippen molar-refractivity contribution in [1.82, 2.24) is 0 Å². The lowest BCUT2D eigenvalue weighted by molar-refractivity contribution is -0.142. The van der Waals surface area contributed by atoms with E-state index >= 15 is 0 Å². The molecule has 0 atom stereocenters. The molecule has 0 aliphatic rings. The minimum atomic E-state index is -0.349. The maximum absolute atomic E-state index is 12.8. The third-order valence-electron chi connectivity index (χ3n) is 3.82. The minimum Gasteiger partial charge on any atom is -0.466 e. The van der Waals surface area contributed by atoms with Crippen LogP contribution in [-0.2, 0) is 20.7 Å². The number of hydrogen-bond donors (Lipinski definition) is 0. The maximum atomic E-state index is 12.8. The summed E-state index contributed by atoms with van der Waals surface area (Å²) in [6.45, 7) is 2.26. The van der Waals surface area contributed by atoms with Gasteiger partial charge in [-0.3, -0.25) is 9.59 Å². The number of esters is 1. The molecule has 0 aliphatic carbocycles. The Hall–Kier alpha value is -2.04. The number of carbonyl (C=O) groups is 2. The smallest absolute Gasteiger partial charge is 0.307 e. The zero-order chi connectivity index (χ0) is 18.9. The first-order chi connectivity index (χ1) is 12.5. The van der Waals surface area contributed by atoms with Crippen LogP contribution in [0.25, 0.3) is 0 Å². The van der Waals surface area contributed by atoms with E-state index in [9.17, 15) is 9.59 Å². The van der Waals surface area contributed by atoms with Crippen LogP contribution < -0.4 is 4.90 Å². The Labute approximate surface area is 163 Å². The predicted molar refractivity (Wildman–Crippen MR) is 105 cm³/mol. The van der Waals surface area contributed by atoms with Crippen molar-refractivity contribution < 1.29 is 14.3 Å². The van der Waals surface area contributed by atoms with Crippen molar-refractivity contribution in [1.29, 1.82) is 0 Å².